The van der Waals surface area contributed by atoms with Gasteiger partial charge in [-0.3, -0.25) is 0 Å². The molecule has 2 heterocycles. The Balaban J connectivity index is 0.954. The quantitative estimate of drug-likeness (QED) is 0.171. The molecule has 0 atom stereocenters. The molecule has 0 aromatic heterocycles. The van der Waals surface area contributed by atoms with Crippen LogP contribution in [0.1, 0.15) is 74.9 Å². The molecule has 3 heteroatoms. The summed E-state index contributed by atoms with van der Waals surface area (Å²) in [6.07, 6.45) is 0. The third-order valence-electron chi connectivity index (χ3n) is 13.8. The van der Waals surface area contributed by atoms with Crippen LogP contribution in [0.25, 0.3) is 55.3 Å². The summed E-state index contributed by atoms with van der Waals surface area (Å²) in [5.41, 5.74) is 19.0. The number of fused-ring (bicyclic) bond motifs is 13. The van der Waals surface area contributed by atoms with Crippen LogP contribution in [0.5, 0.6) is 0 Å². The lowest BCUT2D eigenvalue weighted by molar-refractivity contribution is 0.604. The van der Waals surface area contributed by atoms with Gasteiger partial charge in [0.15, 0.2) is 0 Å². The Hall–Kier alpha value is -4.93. The van der Waals surface area contributed by atoms with Gasteiger partial charge in [-0.1, -0.05) is 186 Å². The number of rotatable bonds is 2. The molecule has 8 aromatic rings. The maximum Gasteiger partial charge on any atom is 0.0344 e. The van der Waals surface area contributed by atoms with Gasteiger partial charge in [-0.15, -0.1) is 0 Å². The van der Waals surface area contributed by atoms with Crippen LogP contribution in [-0.4, -0.2) is 0 Å². The first-order valence-corrected chi connectivity index (χ1v) is 22.9. The number of hydrogen-bond donors (Lipinski definition) is 0. The molecule has 4 aliphatic rings. The predicted octanol–water partition coefficient (Wildman–Crippen LogP) is 16.2. The second-order valence-corrected chi connectivity index (χ2v) is 21.2. The zero-order valence-electron chi connectivity index (χ0n) is 33.6. The van der Waals surface area contributed by atoms with E-state index < -0.39 is 0 Å². The Morgan fingerprint density at radius 3 is 1.38 bits per heavy atom. The summed E-state index contributed by atoms with van der Waals surface area (Å²) >= 11 is 5.81. The third kappa shape index (κ3) is 4.70. The molecule has 0 saturated carbocycles. The van der Waals surface area contributed by atoms with Crippen LogP contribution in [0.15, 0.2) is 175 Å². The highest BCUT2D eigenvalue weighted by molar-refractivity contribution is 8.05. The van der Waals surface area contributed by atoms with Gasteiger partial charge in [0.05, 0.1) is 0 Å². The molecular weight excluding hydrogens is 757 g/mol. The normalized spacial score (nSPS) is 16.7. The molecule has 0 saturated heterocycles. The fourth-order valence-corrected chi connectivity index (χ4v) is 14.6. The standard InChI is InChI=1S/C55H42S3/c1-53(2)39-15-9-10-16-45(39)57-51-42(53)26-25-40-49(51)37-21-19-31(29-43(37)54(40,3)4)33-23-24-34(36-14-8-7-13-35(33)36)32-20-22-38-44(30-32)55(5,6)41-27-28-48-52(50(38)41)58-47-18-12-11-17-46(47)56-48/h7-30H,1-6H3. The minimum atomic E-state index is -0.109. The highest BCUT2D eigenvalue weighted by atomic mass is 32.2. The first kappa shape index (κ1) is 35.1. The first-order chi connectivity index (χ1) is 28.0. The van der Waals surface area contributed by atoms with Crippen molar-refractivity contribution >= 4 is 46.1 Å². The smallest absolute Gasteiger partial charge is 0.0344 e. The maximum absolute atomic E-state index is 2.50. The van der Waals surface area contributed by atoms with E-state index in [9.17, 15) is 0 Å². The highest BCUT2D eigenvalue weighted by Gasteiger charge is 2.43. The largest absolute Gasteiger partial charge is 0.0888 e. The summed E-state index contributed by atoms with van der Waals surface area (Å²) in [5, 5.41) is 2.59. The van der Waals surface area contributed by atoms with Gasteiger partial charge in [-0.25, -0.2) is 0 Å². The van der Waals surface area contributed by atoms with Crippen LogP contribution in [0, 0.1) is 0 Å². The molecule has 0 bridgehead atoms. The van der Waals surface area contributed by atoms with E-state index in [4.69, 9.17) is 0 Å². The van der Waals surface area contributed by atoms with E-state index in [1.807, 2.05) is 35.3 Å². The van der Waals surface area contributed by atoms with Gasteiger partial charge in [0.25, 0.3) is 0 Å². The Kier molecular flexibility index (Phi) is 7.29. The van der Waals surface area contributed by atoms with Crippen molar-refractivity contribution in [2.24, 2.45) is 0 Å². The number of benzene rings is 8. The van der Waals surface area contributed by atoms with E-state index in [-0.39, 0.29) is 16.2 Å². The third-order valence-corrected chi connectivity index (χ3v) is 17.6. The van der Waals surface area contributed by atoms with E-state index >= 15 is 0 Å². The lowest BCUT2D eigenvalue weighted by Crippen LogP contribution is -2.24. The minimum absolute atomic E-state index is 0.0527. The van der Waals surface area contributed by atoms with Gasteiger partial charge in [0, 0.05) is 56.7 Å². The Morgan fingerprint density at radius 1 is 0.310 bits per heavy atom. The molecule has 280 valence electrons. The van der Waals surface area contributed by atoms with E-state index in [1.54, 1.807) is 0 Å². The summed E-state index contributed by atoms with van der Waals surface area (Å²) in [4.78, 5) is 8.28. The van der Waals surface area contributed by atoms with Gasteiger partial charge >= 0.3 is 0 Å². The van der Waals surface area contributed by atoms with E-state index in [0.29, 0.717) is 0 Å². The molecule has 0 radical (unpaired) electrons. The summed E-state index contributed by atoms with van der Waals surface area (Å²) in [7, 11) is 0. The lowest BCUT2D eigenvalue weighted by Gasteiger charge is -2.36. The molecule has 2 aliphatic heterocycles. The Morgan fingerprint density at radius 2 is 0.759 bits per heavy atom. The molecule has 8 aromatic carbocycles. The molecule has 0 N–H and O–H groups in total. The van der Waals surface area contributed by atoms with Gasteiger partial charge in [-0.05, 0) is 114 Å². The van der Waals surface area contributed by atoms with Gasteiger partial charge in [0.1, 0.15) is 0 Å². The van der Waals surface area contributed by atoms with Crippen molar-refractivity contribution in [2.45, 2.75) is 87.2 Å². The van der Waals surface area contributed by atoms with Crippen molar-refractivity contribution in [3.8, 4) is 44.5 Å². The molecule has 0 fully saturated rings. The van der Waals surface area contributed by atoms with Crippen LogP contribution in [0.3, 0.4) is 0 Å². The van der Waals surface area contributed by atoms with Crippen LogP contribution in [-0.2, 0) is 16.2 Å². The summed E-state index contributed by atoms with van der Waals surface area (Å²) < 4.78 is 0. The van der Waals surface area contributed by atoms with Gasteiger partial charge < -0.3 is 0 Å². The fourth-order valence-electron chi connectivity index (χ4n) is 10.7. The van der Waals surface area contributed by atoms with Crippen LogP contribution < -0.4 is 0 Å². The predicted molar refractivity (Wildman–Crippen MR) is 247 cm³/mol. The van der Waals surface area contributed by atoms with Crippen molar-refractivity contribution in [1.82, 2.24) is 0 Å². The van der Waals surface area contributed by atoms with Crippen molar-refractivity contribution < 1.29 is 0 Å². The zero-order valence-corrected chi connectivity index (χ0v) is 36.0. The lowest BCUT2D eigenvalue weighted by atomic mass is 9.75. The van der Waals surface area contributed by atoms with E-state index in [1.165, 1.54) is 118 Å². The van der Waals surface area contributed by atoms with Crippen molar-refractivity contribution in [1.29, 1.82) is 0 Å². The molecule has 12 rings (SSSR count). The number of hydrogen-bond acceptors (Lipinski definition) is 3. The summed E-state index contributed by atoms with van der Waals surface area (Å²) in [5.74, 6) is 0. The summed E-state index contributed by atoms with van der Waals surface area (Å²) in [6.45, 7) is 14.4. The highest BCUT2D eigenvalue weighted by Crippen LogP contribution is 2.61. The van der Waals surface area contributed by atoms with Gasteiger partial charge in [-0.2, -0.15) is 0 Å². The first-order valence-electron chi connectivity index (χ1n) is 20.4. The van der Waals surface area contributed by atoms with Gasteiger partial charge in [0.2, 0.25) is 0 Å². The molecule has 0 amide bonds. The molecule has 0 nitrogen and oxygen atoms in total. The van der Waals surface area contributed by atoms with Crippen LogP contribution in [0.2, 0.25) is 0 Å². The minimum Gasteiger partial charge on any atom is -0.0888 e. The van der Waals surface area contributed by atoms with Crippen molar-refractivity contribution in [3.05, 3.63) is 179 Å². The molecule has 0 unspecified atom stereocenters. The Bertz CT molecular complexity index is 3120. The Labute approximate surface area is 354 Å². The molecule has 58 heavy (non-hydrogen) atoms. The molecule has 2 aliphatic carbocycles. The topological polar surface area (TPSA) is 0 Å². The SMILES string of the molecule is CC1(C)c2ccccc2Sc2c1ccc1c2-c2ccc(-c3ccc(-c4ccc5c(c4)C(C)(C)c4ccc6c(c4-5)Sc4ccccc4S6)c4ccccc34)cc2C1(C)C. The van der Waals surface area contributed by atoms with Crippen LogP contribution >= 0.6 is 35.3 Å². The zero-order chi connectivity index (χ0) is 39.3. The molecule has 0 spiro atoms. The average molecular weight is 799 g/mol. The van der Waals surface area contributed by atoms with E-state index in [2.05, 4.69) is 187 Å². The van der Waals surface area contributed by atoms with Crippen molar-refractivity contribution in [2.75, 3.05) is 0 Å². The molecular formula is C55H42S3. The monoisotopic (exact) mass is 798 g/mol. The average Bonchev–Trinajstić information content (AvgIpc) is 3.61. The van der Waals surface area contributed by atoms with E-state index in [0.717, 1.165) is 0 Å². The fraction of sp³-hybridized carbons (Fsp3) is 0.164. The van der Waals surface area contributed by atoms with Crippen molar-refractivity contribution in [3.63, 3.8) is 0 Å². The second-order valence-electron chi connectivity index (χ2n) is 18.0. The summed E-state index contributed by atoms with van der Waals surface area (Å²) in [6, 6.07) is 55.8. The van der Waals surface area contributed by atoms with Crippen LogP contribution in [0.4, 0.5) is 0 Å². The second kappa shape index (κ2) is 12.1. The maximum atomic E-state index is 2.50.